The van der Waals surface area contributed by atoms with Gasteiger partial charge in [0.1, 0.15) is 0 Å². The van der Waals surface area contributed by atoms with Gasteiger partial charge in [0.05, 0.1) is 28.8 Å². The van der Waals surface area contributed by atoms with Gasteiger partial charge in [-0.05, 0) is 55.7 Å². The third-order valence-corrected chi connectivity index (χ3v) is 6.41. The molecule has 2 aromatic carbocycles. The molecule has 0 amide bonds. The quantitative estimate of drug-likeness (QED) is 0.413. The average molecular weight is 463 g/mol. The molecule has 0 saturated carbocycles. The molecule has 1 saturated heterocycles. The van der Waals surface area contributed by atoms with Crippen molar-refractivity contribution in [3.8, 4) is 0 Å². The number of para-hydroxylation sites is 2. The first-order valence-electron chi connectivity index (χ1n) is 10.1. The maximum Gasteiger partial charge on any atom is 0.288 e. The number of nitrogens with zero attached hydrogens (tertiary/aromatic N) is 3. The van der Waals surface area contributed by atoms with Crippen molar-refractivity contribution in [2.45, 2.75) is 45.3 Å². The molecule has 3 aromatic rings. The van der Waals surface area contributed by atoms with E-state index in [1.165, 1.54) is 19.3 Å². The summed E-state index contributed by atoms with van der Waals surface area (Å²) in [6.45, 7) is 3.99. The van der Waals surface area contributed by atoms with Crippen LogP contribution >= 0.6 is 35.4 Å². The van der Waals surface area contributed by atoms with Crippen molar-refractivity contribution in [2.24, 2.45) is 0 Å². The largest absolute Gasteiger partial charge is 0.414 e. The molecule has 1 aromatic heterocycles. The lowest BCUT2D eigenvalue weighted by atomic mass is 10.0. The average Bonchev–Trinajstić information content (AvgIpc) is 3.06. The van der Waals surface area contributed by atoms with Crippen LogP contribution in [-0.4, -0.2) is 27.3 Å². The van der Waals surface area contributed by atoms with Gasteiger partial charge in [-0.3, -0.25) is 4.90 Å². The molecular weight excluding hydrogens is 439 g/mol. The van der Waals surface area contributed by atoms with Crippen molar-refractivity contribution in [1.29, 1.82) is 0 Å². The Morgan fingerprint density at radius 2 is 1.90 bits per heavy atom. The van der Waals surface area contributed by atoms with Crippen molar-refractivity contribution in [1.82, 2.24) is 14.7 Å². The first-order valence-corrected chi connectivity index (χ1v) is 11.3. The molecule has 8 heteroatoms. The second kappa shape index (κ2) is 9.52. The van der Waals surface area contributed by atoms with Crippen LogP contribution in [-0.2, 0) is 13.1 Å². The molecule has 1 fully saturated rings. The van der Waals surface area contributed by atoms with Crippen molar-refractivity contribution < 1.29 is 4.42 Å². The van der Waals surface area contributed by atoms with Gasteiger partial charge in [0.2, 0.25) is 5.89 Å². The molecule has 30 heavy (non-hydrogen) atoms. The first kappa shape index (κ1) is 21.4. The predicted octanol–water partition coefficient (Wildman–Crippen LogP) is 6.68. The third-order valence-electron chi connectivity index (χ3n) is 5.49. The highest BCUT2D eigenvalue weighted by Crippen LogP contribution is 2.34. The zero-order valence-electron chi connectivity index (χ0n) is 16.8. The molecule has 1 atom stereocenters. The van der Waals surface area contributed by atoms with Crippen LogP contribution in [0.15, 0.2) is 46.9 Å². The highest BCUT2D eigenvalue weighted by molar-refractivity contribution is 7.71. The van der Waals surface area contributed by atoms with Gasteiger partial charge in [-0.15, -0.1) is 5.10 Å². The van der Waals surface area contributed by atoms with Crippen LogP contribution in [0.5, 0.6) is 0 Å². The van der Waals surface area contributed by atoms with Gasteiger partial charge in [-0.2, -0.15) is 0 Å². The second-order valence-electron chi connectivity index (χ2n) is 7.62. The van der Waals surface area contributed by atoms with Crippen LogP contribution in [0.1, 0.15) is 37.6 Å². The maximum atomic E-state index is 6.32. The second-order valence-corrected chi connectivity index (χ2v) is 8.78. The minimum Gasteiger partial charge on any atom is -0.414 e. The molecule has 5 nitrogen and oxygen atoms in total. The number of piperidine rings is 1. The van der Waals surface area contributed by atoms with Crippen LogP contribution in [0.4, 0.5) is 11.4 Å². The molecule has 0 radical (unpaired) electrons. The number of nitrogens with one attached hydrogen (secondary N) is 1. The Morgan fingerprint density at radius 3 is 2.67 bits per heavy atom. The van der Waals surface area contributed by atoms with Gasteiger partial charge in [0.15, 0.2) is 0 Å². The molecule has 0 bridgehead atoms. The molecule has 1 N–H and O–H groups in total. The van der Waals surface area contributed by atoms with E-state index in [4.69, 9.17) is 39.8 Å². The molecular formula is C22H24Cl2N4OS. The Bertz CT molecular complexity index is 1060. The minimum atomic E-state index is 0.405. The fourth-order valence-corrected chi connectivity index (χ4v) is 4.45. The Hall–Kier alpha value is -1.86. The van der Waals surface area contributed by atoms with Crippen molar-refractivity contribution >= 4 is 46.8 Å². The fourth-order valence-electron chi connectivity index (χ4n) is 3.76. The number of hydrogen-bond acceptors (Lipinski definition) is 5. The molecule has 4 rings (SSSR count). The van der Waals surface area contributed by atoms with Crippen molar-refractivity contribution in [2.75, 3.05) is 11.9 Å². The Labute approximate surface area is 191 Å². The molecule has 1 aliphatic heterocycles. The number of hydrogen-bond donors (Lipinski definition) is 1. The van der Waals surface area contributed by atoms with E-state index >= 15 is 0 Å². The van der Waals surface area contributed by atoms with Crippen LogP contribution in [0.25, 0.3) is 0 Å². The van der Waals surface area contributed by atoms with E-state index < -0.39 is 0 Å². The van der Waals surface area contributed by atoms with Crippen LogP contribution in [0, 0.1) is 4.84 Å². The lowest BCUT2D eigenvalue weighted by Gasteiger charge is -2.32. The van der Waals surface area contributed by atoms with E-state index in [1.807, 2.05) is 30.3 Å². The number of rotatable bonds is 6. The summed E-state index contributed by atoms with van der Waals surface area (Å²) in [5.74, 6) is 0.587. The number of likely N-dealkylation sites (tertiary alicyclic amines) is 1. The standard InChI is InChI=1S/C22H24Cl2N4OS/c1-15-7-4-5-12-27(15)14-28-22(30)29-20(26-28)13-16-8-2-3-11-19(16)25-21-17(23)9-6-10-18(21)24/h2-3,6,8-11,15,25H,4-5,7,12-14H2,1H3. The van der Waals surface area contributed by atoms with Gasteiger partial charge in [0.25, 0.3) is 4.84 Å². The predicted molar refractivity (Wildman–Crippen MR) is 124 cm³/mol. The number of halogens is 2. The van der Waals surface area contributed by atoms with Gasteiger partial charge >= 0.3 is 0 Å². The normalized spacial score (nSPS) is 17.2. The smallest absolute Gasteiger partial charge is 0.288 e. The summed E-state index contributed by atoms with van der Waals surface area (Å²) in [5, 5.41) is 9.12. The van der Waals surface area contributed by atoms with Crippen LogP contribution in [0.3, 0.4) is 0 Å². The molecule has 0 aliphatic carbocycles. The van der Waals surface area contributed by atoms with Gasteiger partial charge in [0, 0.05) is 18.3 Å². The monoisotopic (exact) mass is 462 g/mol. The lowest BCUT2D eigenvalue weighted by molar-refractivity contribution is 0.113. The number of benzene rings is 2. The summed E-state index contributed by atoms with van der Waals surface area (Å²) < 4.78 is 7.59. The number of anilines is 2. The summed E-state index contributed by atoms with van der Waals surface area (Å²) in [6.07, 6.45) is 4.22. The van der Waals surface area contributed by atoms with Crippen molar-refractivity contribution in [3.63, 3.8) is 0 Å². The van der Waals surface area contributed by atoms with E-state index in [-0.39, 0.29) is 0 Å². The van der Waals surface area contributed by atoms with Gasteiger partial charge in [-0.1, -0.05) is 53.9 Å². The summed E-state index contributed by atoms with van der Waals surface area (Å²) in [4.78, 5) is 2.81. The van der Waals surface area contributed by atoms with Crippen molar-refractivity contribution in [3.05, 3.63) is 68.8 Å². The van der Waals surface area contributed by atoms with E-state index in [2.05, 4.69) is 22.2 Å². The SMILES string of the molecule is CC1CCCCN1Cn1nc(Cc2ccccc2Nc2c(Cl)cccc2Cl)oc1=S. The minimum absolute atomic E-state index is 0.405. The van der Waals surface area contributed by atoms with Crippen LogP contribution < -0.4 is 5.32 Å². The van der Waals surface area contributed by atoms with Gasteiger partial charge in [-0.25, -0.2) is 4.68 Å². The van der Waals surface area contributed by atoms with E-state index in [1.54, 1.807) is 16.8 Å². The zero-order valence-corrected chi connectivity index (χ0v) is 19.1. The molecule has 1 aliphatic rings. The van der Waals surface area contributed by atoms with E-state index in [9.17, 15) is 0 Å². The zero-order chi connectivity index (χ0) is 21.1. The maximum absolute atomic E-state index is 6.32. The third kappa shape index (κ3) is 4.89. The first-order chi connectivity index (χ1) is 14.5. The number of aromatic nitrogens is 2. The highest BCUT2D eigenvalue weighted by atomic mass is 35.5. The Balaban J connectivity index is 1.53. The topological polar surface area (TPSA) is 46.2 Å². The fraction of sp³-hybridized carbons (Fsp3) is 0.364. The molecule has 2 heterocycles. The lowest BCUT2D eigenvalue weighted by Crippen LogP contribution is -2.38. The molecule has 1 unspecified atom stereocenters. The molecule has 0 spiro atoms. The summed E-state index contributed by atoms with van der Waals surface area (Å²) in [5.41, 5.74) is 2.59. The summed E-state index contributed by atoms with van der Waals surface area (Å²) in [6, 6.07) is 13.9. The Kier molecular flexibility index (Phi) is 6.78. The van der Waals surface area contributed by atoms with Gasteiger partial charge < -0.3 is 9.73 Å². The Morgan fingerprint density at radius 1 is 1.13 bits per heavy atom. The van der Waals surface area contributed by atoms with Crippen LogP contribution in [0.2, 0.25) is 10.0 Å². The summed E-state index contributed by atoms with van der Waals surface area (Å²) >= 11 is 18.1. The summed E-state index contributed by atoms with van der Waals surface area (Å²) in [7, 11) is 0. The highest BCUT2D eigenvalue weighted by Gasteiger charge is 2.20. The molecule has 158 valence electrons. The van der Waals surface area contributed by atoms with E-state index in [0.29, 0.717) is 45.6 Å². The van der Waals surface area contributed by atoms with E-state index in [0.717, 1.165) is 17.8 Å².